The van der Waals surface area contributed by atoms with Gasteiger partial charge in [0.25, 0.3) is 5.91 Å². The van der Waals surface area contributed by atoms with Crippen LogP contribution in [0.15, 0.2) is 48.5 Å². The minimum Gasteiger partial charge on any atom is -0.435 e. The minimum absolute atomic E-state index is 0.0413. The van der Waals surface area contributed by atoms with Crippen LogP contribution in [0.25, 0.3) is 10.4 Å². The molecular formula is C32H45N5O5SSi. The van der Waals surface area contributed by atoms with Crippen molar-refractivity contribution in [1.29, 1.82) is 0 Å². The molecule has 3 heterocycles. The lowest BCUT2D eigenvalue weighted by Crippen LogP contribution is -2.53. The second kappa shape index (κ2) is 12.9. The summed E-state index contributed by atoms with van der Waals surface area (Å²) in [5.74, 6) is -0.688. The molecule has 3 aromatic rings. The van der Waals surface area contributed by atoms with E-state index < -0.39 is 37.9 Å². The molecule has 0 spiro atoms. The van der Waals surface area contributed by atoms with Gasteiger partial charge in [0.05, 0.1) is 22.2 Å². The van der Waals surface area contributed by atoms with Gasteiger partial charge in [0.1, 0.15) is 12.4 Å². The number of ether oxygens (including phenoxy) is 1. The Morgan fingerprint density at radius 1 is 1.11 bits per heavy atom. The van der Waals surface area contributed by atoms with E-state index in [1.165, 1.54) is 23.3 Å². The highest BCUT2D eigenvalue weighted by molar-refractivity contribution is 7.13. The molecule has 2 amide bonds. The number of carbonyl (C=O) groups is 3. The smallest absolute Gasteiger partial charge is 0.420 e. The van der Waals surface area contributed by atoms with Gasteiger partial charge in [-0.3, -0.25) is 9.59 Å². The van der Waals surface area contributed by atoms with Crippen molar-refractivity contribution in [2.45, 2.75) is 97.8 Å². The Balaban J connectivity index is 1.54. The van der Waals surface area contributed by atoms with E-state index in [2.05, 4.69) is 49.1 Å². The molecule has 1 aliphatic rings. The van der Waals surface area contributed by atoms with Crippen LogP contribution in [0.4, 0.5) is 4.79 Å². The highest BCUT2D eigenvalue weighted by atomic mass is 32.1. The third-order valence-electron chi connectivity index (χ3n) is 8.49. The zero-order chi connectivity index (χ0) is 32.4. The fourth-order valence-corrected chi connectivity index (χ4v) is 7.07. The van der Waals surface area contributed by atoms with Gasteiger partial charge in [0.2, 0.25) is 5.91 Å². The van der Waals surface area contributed by atoms with Gasteiger partial charge < -0.3 is 19.4 Å². The molecule has 1 N–H and O–H groups in total. The van der Waals surface area contributed by atoms with E-state index in [0.29, 0.717) is 13.0 Å². The summed E-state index contributed by atoms with van der Waals surface area (Å²) in [6, 6.07) is 7.26. The number of likely N-dealkylation sites (tertiary alicyclic amines) is 1. The Morgan fingerprint density at radius 3 is 2.34 bits per heavy atom. The lowest BCUT2D eigenvalue weighted by molar-refractivity contribution is -0.150. The summed E-state index contributed by atoms with van der Waals surface area (Å²) in [6.45, 7) is 18.8. The molecule has 1 aliphatic heterocycles. The van der Waals surface area contributed by atoms with Crippen LogP contribution in [-0.2, 0) is 25.3 Å². The number of amides is 2. The first kappa shape index (κ1) is 33.5. The predicted octanol–water partition coefficient (Wildman–Crippen LogP) is 6.02. The van der Waals surface area contributed by atoms with Gasteiger partial charge >= 0.3 is 6.09 Å². The number of benzene rings is 1. The molecule has 0 bridgehead atoms. The highest BCUT2D eigenvalue weighted by Crippen LogP contribution is 2.39. The fourth-order valence-electron chi connectivity index (χ4n) is 4.91. The zero-order valence-corrected chi connectivity index (χ0v) is 29.0. The number of aryl methyl sites for hydroxylation is 1. The van der Waals surface area contributed by atoms with Crippen molar-refractivity contribution in [2.24, 2.45) is 5.41 Å². The summed E-state index contributed by atoms with van der Waals surface area (Å²) in [5, 5.41) is 3.00. The van der Waals surface area contributed by atoms with Crippen molar-refractivity contribution >= 4 is 37.6 Å². The summed E-state index contributed by atoms with van der Waals surface area (Å²) < 4.78 is 13.6. The van der Waals surface area contributed by atoms with Gasteiger partial charge in [-0.25, -0.2) is 19.3 Å². The first-order chi connectivity index (χ1) is 20.5. The summed E-state index contributed by atoms with van der Waals surface area (Å²) >= 11 is 1.60. The van der Waals surface area contributed by atoms with Crippen LogP contribution in [0.1, 0.15) is 59.2 Å². The zero-order valence-electron chi connectivity index (χ0n) is 27.2. The molecule has 0 aliphatic carbocycles. The van der Waals surface area contributed by atoms with Gasteiger partial charge in [-0.05, 0) is 36.2 Å². The second-order valence-electron chi connectivity index (χ2n) is 14.0. The van der Waals surface area contributed by atoms with Crippen molar-refractivity contribution in [2.75, 3.05) is 6.54 Å². The number of hydrogen-bond acceptors (Lipinski definition) is 8. The molecule has 1 aromatic carbocycles. The number of hydrogen-bond donors (Lipinski definition) is 1. The Labute approximate surface area is 265 Å². The molecule has 4 rings (SSSR count). The fraction of sp³-hybridized carbons (Fsp3) is 0.531. The van der Waals surface area contributed by atoms with Gasteiger partial charge in [-0.2, -0.15) is 0 Å². The average Bonchev–Trinajstić information content (AvgIpc) is 3.70. The van der Waals surface area contributed by atoms with E-state index in [-0.39, 0.29) is 23.6 Å². The Kier molecular flexibility index (Phi) is 9.86. The molecule has 2 aromatic heterocycles. The first-order valence-electron chi connectivity index (χ1n) is 14.9. The molecule has 10 nitrogen and oxygen atoms in total. The van der Waals surface area contributed by atoms with Gasteiger partial charge in [0, 0.05) is 37.3 Å². The number of rotatable bonds is 8. The Bertz CT molecular complexity index is 1460. The van der Waals surface area contributed by atoms with Crippen LogP contribution in [-0.4, -0.2) is 70.5 Å². The van der Waals surface area contributed by atoms with Crippen molar-refractivity contribution in [3.05, 3.63) is 59.8 Å². The number of imidazole rings is 1. The number of nitrogens with zero attached hydrogens (tertiary/aromatic N) is 4. The van der Waals surface area contributed by atoms with Gasteiger partial charge in [0.15, 0.2) is 14.4 Å². The monoisotopic (exact) mass is 639 g/mol. The van der Waals surface area contributed by atoms with Crippen molar-refractivity contribution in [3.8, 4) is 10.4 Å². The Hall–Kier alpha value is -3.35. The highest BCUT2D eigenvalue weighted by Gasteiger charge is 2.49. The maximum Gasteiger partial charge on any atom is 0.420 e. The van der Waals surface area contributed by atoms with E-state index in [1.54, 1.807) is 16.2 Å². The minimum atomic E-state index is -2.20. The van der Waals surface area contributed by atoms with Crippen LogP contribution in [0.3, 0.4) is 0 Å². The lowest BCUT2D eigenvalue weighted by atomic mass is 9.88. The van der Waals surface area contributed by atoms with Crippen molar-refractivity contribution in [1.82, 2.24) is 24.8 Å². The molecule has 3 atom stereocenters. The van der Waals surface area contributed by atoms with E-state index in [0.717, 1.165) is 21.7 Å². The third kappa shape index (κ3) is 7.64. The maximum atomic E-state index is 14.2. The Morgan fingerprint density at radius 2 is 1.80 bits per heavy atom. The van der Waals surface area contributed by atoms with E-state index >= 15 is 0 Å². The van der Waals surface area contributed by atoms with Gasteiger partial charge in [-0.15, -0.1) is 11.3 Å². The van der Waals surface area contributed by atoms with E-state index in [4.69, 9.17) is 9.16 Å². The number of aromatic nitrogens is 3. The molecule has 44 heavy (non-hydrogen) atoms. The predicted molar refractivity (Wildman–Crippen MR) is 174 cm³/mol. The molecule has 1 saturated heterocycles. The SMILES string of the molecule is Cc1ncsc1-c1ccc(CNC(=O)[C@@H]2CC(O[Si](C)(C)C(C)(C)C)CN2C(=O)[C@@H](OC(=O)n2ccnc2)C(C)(C)C)cc1. The summed E-state index contributed by atoms with van der Waals surface area (Å²) in [7, 11) is -2.20. The molecule has 1 fully saturated rings. The number of thiazole rings is 1. The lowest BCUT2D eigenvalue weighted by Gasteiger charge is -2.38. The number of nitrogens with one attached hydrogen (secondary N) is 1. The van der Waals surface area contributed by atoms with Crippen molar-refractivity contribution in [3.63, 3.8) is 0 Å². The van der Waals surface area contributed by atoms with Crippen LogP contribution in [0.5, 0.6) is 0 Å². The quantitative estimate of drug-likeness (QED) is 0.300. The van der Waals surface area contributed by atoms with E-state index in [9.17, 15) is 14.4 Å². The largest absolute Gasteiger partial charge is 0.435 e. The van der Waals surface area contributed by atoms with Crippen LogP contribution in [0, 0.1) is 12.3 Å². The third-order valence-corrected chi connectivity index (χ3v) is 14.0. The molecule has 12 heteroatoms. The normalized spacial score (nSPS) is 18.2. The second-order valence-corrected chi connectivity index (χ2v) is 19.6. The summed E-state index contributed by atoms with van der Waals surface area (Å²) in [4.78, 5) is 51.7. The van der Waals surface area contributed by atoms with Crippen LogP contribution >= 0.6 is 11.3 Å². The standard InChI is InChI=1S/C32H45N5O5SSi/c1-21-26(43-20-35-21)23-12-10-22(11-13-23)17-34-28(38)25-16-24(42-44(8,9)32(5,6)7)18-37(25)29(39)27(31(2,3)4)41-30(40)36-15-14-33-19-36/h10-15,19-20,24-25,27H,16-18H2,1-9H3,(H,34,38)/t24?,25-,27+/m0/s1. The molecule has 1 unspecified atom stereocenters. The van der Waals surface area contributed by atoms with Crippen LogP contribution < -0.4 is 5.32 Å². The number of carbonyl (C=O) groups excluding carboxylic acids is 3. The maximum absolute atomic E-state index is 14.2. The topological polar surface area (TPSA) is 116 Å². The molecular weight excluding hydrogens is 595 g/mol. The van der Waals surface area contributed by atoms with E-state index in [1.807, 2.05) is 57.5 Å². The summed E-state index contributed by atoms with van der Waals surface area (Å²) in [6.07, 6.45) is 2.47. The van der Waals surface area contributed by atoms with Crippen molar-refractivity contribution < 1.29 is 23.5 Å². The molecule has 238 valence electrons. The summed E-state index contributed by atoms with van der Waals surface area (Å²) in [5.41, 5.74) is 4.11. The molecule has 0 saturated carbocycles. The average molecular weight is 640 g/mol. The first-order valence-corrected chi connectivity index (χ1v) is 18.7. The van der Waals surface area contributed by atoms with Gasteiger partial charge in [-0.1, -0.05) is 65.8 Å². The van der Waals surface area contributed by atoms with Crippen LogP contribution in [0.2, 0.25) is 18.1 Å². The molecule has 0 radical (unpaired) electrons.